The van der Waals surface area contributed by atoms with E-state index < -0.39 is 30.0 Å². The maximum Gasteiger partial charge on any atom is 0.409 e. The van der Waals surface area contributed by atoms with Gasteiger partial charge in [0.2, 0.25) is 17.6 Å². The third-order valence-corrected chi connectivity index (χ3v) is 2.45. The van der Waals surface area contributed by atoms with Gasteiger partial charge in [-0.15, -0.1) is 0 Å². The van der Waals surface area contributed by atoms with E-state index in [-0.39, 0.29) is 11.3 Å². The summed E-state index contributed by atoms with van der Waals surface area (Å²) >= 11 is 0. The second-order valence-electron chi connectivity index (χ2n) is 4.02. The van der Waals surface area contributed by atoms with Gasteiger partial charge in [0.1, 0.15) is 5.75 Å². The lowest BCUT2D eigenvalue weighted by Gasteiger charge is -2.18. The predicted molar refractivity (Wildman–Crippen MR) is 56.2 cm³/mol. The minimum atomic E-state index is -5.61. The number of rotatable bonds is 2. The third kappa shape index (κ3) is 3.26. The minimum absolute atomic E-state index is 0.0214. The first-order valence-corrected chi connectivity index (χ1v) is 5.35. The summed E-state index contributed by atoms with van der Waals surface area (Å²) in [5, 5.41) is 12.3. The number of phenols is 1. The third-order valence-electron chi connectivity index (χ3n) is 2.45. The molecular formula is C11H6F6N2O2. The normalized spacial score (nSPS) is 12.9. The number of hydrogen-bond donors (Lipinski definition) is 1. The number of phenolic OH excluding ortho intramolecular Hbond substituents is 1. The van der Waals surface area contributed by atoms with Crippen LogP contribution < -0.4 is 0 Å². The van der Waals surface area contributed by atoms with Crippen LogP contribution in [-0.4, -0.2) is 27.6 Å². The van der Waals surface area contributed by atoms with Gasteiger partial charge in [0.05, 0.1) is 0 Å². The molecule has 1 aromatic carbocycles. The van der Waals surface area contributed by atoms with E-state index in [1.54, 1.807) is 0 Å². The van der Waals surface area contributed by atoms with Crippen LogP contribution in [0.1, 0.15) is 11.8 Å². The molecule has 114 valence electrons. The topological polar surface area (TPSA) is 59.2 Å². The molecular weight excluding hydrogens is 306 g/mol. The van der Waals surface area contributed by atoms with Gasteiger partial charge in [0.25, 0.3) is 0 Å². The Bertz CT molecular complexity index is 620. The van der Waals surface area contributed by atoms with Crippen molar-refractivity contribution in [3.63, 3.8) is 0 Å². The van der Waals surface area contributed by atoms with Gasteiger partial charge in [-0.1, -0.05) is 17.3 Å². The fourth-order valence-corrected chi connectivity index (χ4v) is 1.58. The van der Waals surface area contributed by atoms with E-state index in [2.05, 4.69) is 14.7 Å². The molecule has 0 spiro atoms. The Morgan fingerprint density at radius 2 is 1.67 bits per heavy atom. The number of nitrogens with zero attached hydrogens (tertiary/aromatic N) is 2. The van der Waals surface area contributed by atoms with Crippen molar-refractivity contribution in [2.24, 2.45) is 0 Å². The maximum absolute atomic E-state index is 12.5. The van der Waals surface area contributed by atoms with Crippen LogP contribution in [0.2, 0.25) is 0 Å². The number of aromatic hydroxyl groups is 1. The molecule has 1 N–H and O–H groups in total. The molecule has 0 atom stereocenters. The summed E-state index contributed by atoms with van der Waals surface area (Å²) < 4.78 is 79.0. The molecule has 0 aliphatic heterocycles. The number of alkyl halides is 6. The van der Waals surface area contributed by atoms with Crippen molar-refractivity contribution >= 4 is 0 Å². The van der Waals surface area contributed by atoms with E-state index in [1.165, 1.54) is 18.2 Å². The quantitative estimate of drug-likeness (QED) is 0.860. The molecule has 0 aliphatic rings. The molecule has 1 heterocycles. The van der Waals surface area contributed by atoms with E-state index in [0.717, 1.165) is 6.07 Å². The van der Waals surface area contributed by atoms with Gasteiger partial charge in [-0.3, -0.25) is 0 Å². The van der Waals surface area contributed by atoms with Crippen LogP contribution >= 0.6 is 0 Å². The SMILES string of the molecule is Oc1cccc(-c2noc(C(C(F)(F)F)C(F)(F)F)n2)c1. The molecule has 0 fully saturated rings. The highest BCUT2D eigenvalue weighted by molar-refractivity contribution is 5.56. The van der Waals surface area contributed by atoms with Crippen molar-refractivity contribution in [1.82, 2.24) is 10.1 Å². The summed E-state index contributed by atoms with van der Waals surface area (Å²) in [6.07, 6.45) is -11.2. The van der Waals surface area contributed by atoms with Crippen molar-refractivity contribution in [3.05, 3.63) is 30.2 Å². The molecule has 0 saturated carbocycles. The largest absolute Gasteiger partial charge is 0.508 e. The van der Waals surface area contributed by atoms with E-state index in [1.807, 2.05) is 0 Å². The Balaban J connectivity index is 2.42. The average molecular weight is 312 g/mol. The lowest BCUT2D eigenvalue weighted by Crippen LogP contribution is -2.34. The molecule has 0 radical (unpaired) electrons. The standard InChI is InChI=1S/C11H6F6N2O2/c12-10(13,14)7(11(15,16)17)9-18-8(19-21-9)5-2-1-3-6(20)4-5/h1-4,7,20H. The van der Waals surface area contributed by atoms with E-state index >= 15 is 0 Å². The van der Waals surface area contributed by atoms with Crippen LogP contribution in [0.4, 0.5) is 26.3 Å². The summed E-state index contributed by atoms with van der Waals surface area (Å²) in [5.41, 5.74) is 0.0214. The molecule has 4 nitrogen and oxygen atoms in total. The van der Waals surface area contributed by atoms with Gasteiger partial charge in [0, 0.05) is 5.56 Å². The number of halogens is 6. The number of hydrogen-bond acceptors (Lipinski definition) is 4. The lowest BCUT2D eigenvalue weighted by molar-refractivity contribution is -0.259. The Morgan fingerprint density at radius 1 is 1.05 bits per heavy atom. The smallest absolute Gasteiger partial charge is 0.409 e. The van der Waals surface area contributed by atoms with Crippen molar-refractivity contribution in [1.29, 1.82) is 0 Å². The molecule has 0 bridgehead atoms. The van der Waals surface area contributed by atoms with Crippen LogP contribution in [0, 0.1) is 0 Å². The Hall–Kier alpha value is -2.26. The minimum Gasteiger partial charge on any atom is -0.508 e. The van der Waals surface area contributed by atoms with Crippen molar-refractivity contribution in [3.8, 4) is 17.1 Å². The van der Waals surface area contributed by atoms with Crippen LogP contribution in [0.3, 0.4) is 0 Å². The first-order valence-electron chi connectivity index (χ1n) is 5.35. The summed E-state index contributed by atoms with van der Waals surface area (Å²) in [6, 6.07) is 4.96. The Labute approximate surface area is 113 Å². The van der Waals surface area contributed by atoms with Crippen molar-refractivity contribution < 1.29 is 36.0 Å². The molecule has 2 rings (SSSR count). The van der Waals surface area contributed by atoms with Crippen LogP contribution in [0.15, 0.2) is 28.8 Å². The van der Waals surface area contributed by atoms with E-state index in [4.69, 9.17) is 0 Å². The molecule has 0 amide bonds. The van der Waals surface area contributed by atoms with Gasteiger partial charge in [-0.25, -0.2) is 0 Å². The van der Waals surface area contributed by atoms with Gasteiger partial charge in [-0.05, 0) is 12.1 Å². The lowest BCUT2D eigenvalue weighted by atomic mass is 10.1. The van der Waals surface area contributed by atoms with Crippen molar-refractivity contribution in [2.45, 2.75) is 18.3 Å². The van der Waals surface area contributed by atoms with E-state index in [0.29, 0.717) is 0 Å². The highest BCUT2D eigenvalue weighted by Gasteiger charge is 2.60. The zero-order valence-corrected chi connectivity index (χ0v) is 9.90. The fourth-order valence-electron chi connectivity index (χ4n) is 1.58. The van der Waals surface area contributed by atoms with Gasteiger partial charge in [0.15, 0.2) is 0 Å². The van der Waals surface area contributed by atoms with Crippen LogP contribution in [0.25, 0.3) is 11.4 Å². The summed E-state index contributed by atoms with van der Waals surface area (Å²) in [5.74, 6) is -6.20. The summed E-state index contributed by atoms with van der Waals surface area (Å²) in [4.78, 5) is 3.13. The molecule has 2 aromatic rings. The first-order chi connectivity index (χ1) is 9.59. The highest BCUT2D eigenvalue weighted by atomic mass is 19.4. The molecule has 0 aliphatic carbocycles. The van der Waals surface area contributed by atoms with Gasteiger partial charge < -0.3 is 9.63 Å². The van der Waals surface area contributed by atoms with Crippen LogP contribution in [0.5, 0.6) is 5.75 Å². The highest BCUT2D eigenvalue weighted by Crippen LogP contribution is 2.45. The summed E-state index contributed by atoms with van der Waals surface area (Å²) in [6.45, 7) is 0. The van der Waals surface area contributed by atoms with Gasteiger partial charge >= 0.3 is 12.4 Å². The average Bonchev–Trinajstić information content (AvgIpc) is 2.74. The number of aromatic nitrogens is 2. The van der Waals surface area contributed by atoms with Gasteiger partial charge in [-0.2, -0.15) is 31.3 Å². The first kappa shape index (κ1) is 15.1. The Morgan fingerprint density at radius 3 is 2.19 bits per heavy atom. The maximum atomic E-state index is 12.5. The molecule has 1 aromatic heterocycles. The zero-order valence-electron chi connectivity index (χ0n) is 9.90. The molecule has 10 heteroatoms. The second kappa shape index (κ2) is 4.93. The van der Waals surface area contributed by atoms with Crippen molar-refractivity contribution in [2.75, 3.05) is 0 Å². The molecule has 0 unspecified atom stereocenters. The van der Waals surface area contributed by atoms with E-state index in [9.17, 15) is 31.4 Å². The van der Waals surface area contributed by atoms with Crippen LogP contribution in [-0.2, 0) is 0 Å². The monoisotopic (exact) mass is 312 g/mol. The Kier molecular flexibility index (Phi) is 3.56. The second-order valence-corrected chi connectivity index (χ2v) is 4.02. The fraction of sp³-hybridized carbons (Fsp3) is 0.273. The molecule has 0 saturated heterocycles. The molecule has 21 heavy (non-hydrogen) atoms. The summed E-state index contributed by atoms with van der Waals surface area (Å²) in [7, 11) is 0. The zero-order chi connectivity index (χ0) is 15.8. The number of benzene rings is 1. The predicted octanol–water partition coefficient (Wildman–Crippen LogP) is 3.65.